The fourth-order valence-electron chi connectivity index (χ4n) is 1.73. The number of nitrogen functional groups attached to an aromatic ring is 1. The average Bonchev–Trinajstić information content (AvgIpc) is 2.40. The van der Waals surface area contributed by atoms with Crippen LogP contribution in [0.2, 0.25) is 0 Å². The summed E-state index contributed by atoms with van der Waals surface area (Å²) >= 11 is 0. The maximum Gasteiger partial charge on any atom is 0.379 e. The molecule has 2 aromatic rings. The number of rotatable bonds is 5. The van der Waals surface area contributed by atoms with Crippen molar-refractivity contribution < 1.29 is 19.4 Å². The van der Waals surface area contributed by atoms with Crippen molar-refractivity contribution in [3.63, 3.8) is 0 Å². The second kappa shape index (κ2) is 5.63. The lowest BCUT2D eigenvalue weighted by Gasteiger charge is -2.09. The molecule has 0 aliphatic heterocycles. The number of anilines is 1. The van der Waals surface area contributed by atoms with Crippen LogP contribution in [0.4, 0.5) is 5.69 Å². The van der Waals surface area contributed by atoms with E-state index in [2.05, 4.69) is 5.10 Å². The lowest BCUT2D eigenvalue weighted by Crippen LogP contribution is -2.46. The summed E-state index contributed by atoms with van der Waals surface area (Å²) in [6.07, 6.45) is 0.163. The monoisotopic (exact) mass is 266 g/mol. The number of hydrogen-bond acceptors (Lipinski definition) is 6. The van der Waals surface area contributed by atoms with Crippen molar-refractivity contribution in [2.24, 2.45) is 0 Å². The van der Waals surface area contributed by atoms with Gasteiger partial charge in [0, 0.05) is 6.07 Å². The van der Waals surface area contributed by atoms with Crippen LogP contribution in [0, 0.1) is 10.4 Å². The van der Waals surface area contributed by atoms with Gasteiger partial charge in [-0.2, -0.15) is 0 Å². The standard InChI is InChI=1S/C11H14N4O4/c12-8-2-1-3-9-11(8)14(17)10(13-15(9)18)4-6-19-7-5-16/h1-3,16H,4-7,12H2. The van der Waals surface area contributed by atoms with E-state index in [4.69, 9.17) is 15.6 Å². The van der Waals surface area contributed by atoms with Crippen molar-refractivity contribution in [3.8, 4) is 0 Å². The first kappa shape index (κ1) is 13.2. The van der Waals surface area contributed by atoms with Crippen molar-refractivity contribution in [1.29, 1.82) is 0 Å². The van der Waals surface area contributed by atoms with Crippen LogP contribution in [0.1, 0.15) is 5.82 Å². The summed E-state index contributed by atoms with van der Waals surface area (Å²) in [5.41, 5.74) is 6.15. The van der Waals surface area contributed by atoms with E-state index < -0.39 is 0 Å². The Morgan fingerprint density at radius 3 is 2.84 bits per heavy atom. The number of aliphatic hydroxyl groups is 1. The minimum absolute atomic E-state index is 0.0262. The summed E-state index contributed by atoms with van der Waals surface area (Å²) in [5.74, 6) is 0.0262. The number of ether oxygens (including phenoxy) is 1. The van der Waals surface area contributed by atoms with E-state index in [0.717, 1.165) is 0 Å². The first-order valence-corrected chi connectivity index (χ1v) is 5.74. The third kappa shape index (κ3) is 2.64. The van der Waals surface area contributed by atoms with Gasteiger partial charge < -0.3 is 26.0 Å². The number of nitrogens with two attached hydrogens (primary N) is 1. The lowest BCUT2D eigenvalue weighted by atomic mass is 10.2. The highest BCUT2D eigenvalue weighted by Gasteiger charge is 2.23. The Balaban J connectivity index is 2.35. The highest BCUT2D eigenvalue weighted by Crippen LogP contribution is 2.13. The van der Waals surface area contributed by atoms with E-state index >= 15 is 0 Å². The second-order valence-electron chi connectivity index (χ2n) is 3.88. The Morgan fingerprint density at radius 1 is 1.32 bits per heavy atom. The molecule has 0 bridgehead atoms. The molecule has 8 nitrogen and oxygen atoms in total. The van der Waals surface area contributed by atoms with Gasteiger partial charge in [0.1, 0.15) is 0 Å². The molecule has 1 aromatic carbocycles. The summed E-state index contributed by atoms with van der Waals surface area (Å²) in [6.45, 7) is 0.261. The summed E-state index contributed by atoms with van der Waals surface area (Å²) in [6, 6.07) is 4.60. The second-order valence-corrected chi connectivity index (χ2v) is 3.88. The summed E-state index contributed by atoms with van der Waals surface area (Å²) in [7, 11) is 0. The van der Waals surface area contributed by atoms with Gasteiger partial charge in [0.05, 0.1) is 36.8 Å². The average molecular weight is 266 g/mol. The molecule has 0 unspecified atom stereocenters. The van der Waals surface area contributed by atoms with Gasteiger partial charge in [-0.05, 0) is 6.07 Å². The van der Waals surface area contributed by atoms with E-state index in [1.165, 1.54) is 6.07 Å². The Hall–Kier alpha value is -2.19. The van der Waals surface area contributed by atoms with Gasteiger partial charge in [-0.1, -0.05) is 6.07 Å². The molecule has 8 heteroatoms. The van der Waals surface area contributed by atoms with Gasteiger partial charge >= 0.3 is 11.3 Å². The van der Waals surface area contributed by atoms with Crippen LogP contribution in [0.5, 0.6) is 0 Å². The quantitative estimate of drug-likeness (QED) is 0.298. The molecule has 0 saturated heterocycles. The van der Waals surface area contributed by atoms with Crippen molar-refractivity contribution in [1.82, 2.24) is 5.10 Å². The fourth-order valence-corrected chi connectivity index (χ4v) is 1.73. The number of hydrogen-bond donors (Lipinski definition) is 2. The molecule has 1 heterocycles. The summed E-state index contributed by atoms with van der Waals surface area (Å²) in [4.78, 5) is 0.376. The molecule has 1 aromatic heterocycles. The number of aromatic nitrogens is 3. The van der Waals surface area contributed by atoms with Crippen molar-refractivity contribution in [2.45, 2.75) is 6.42 Å². The molecule has 0 spiro atoms. The fraction of sp³-hybridized carbons (Fsp3) is 0.364. The summed E-state index contributed by atoms with van der Waals surface area (Å²) in [5, 5.41) is 36.0. The number of para-hydroxylation sites is 1. The van der Waals surface area contributed by atoms with Gasteiger partial charge in [-0.15, -0.1) is 0 Å². The normalized spacial score (nSPS) is 11.0. The van der Waals surface area contributed by atoms with Crippen LogP contribution >= 0.6 is 0 Å². The van der Waals surface area contributed by atoms with Gasteiger partial charge in [-0.25, -0.2) is 4.73 Å². The first-order valence-electron chi connectivity index (χ1n) is 5.74. The van der Waals surface area contributed by atoms with Gasteiger partial charge in [0.15, 0.2) is 0 Å². The van der Waals surface area contributed by atoms with Crippen LogP contribution in [0.15, 0.2) is 18.2 Å². The molecule has 19 heavy (non-hydrogen) atoms. The first-order chi connectivity index (χ1) is 9.15. The Labute approximate surface area is 108 Å². The molecule has 0 fully saturated rings. The molecule has 0 amide bonds. The van der Waals surface area contributed by atoms with E-state index in [9.17, 15) is 10.4 Å². The zero-order chi connectivity index (χ0) is 13.8. The number of nitrogens with zero attached hydrogens (tertiary/aromatic N) is 3. The topological polar surface area (TPSA) is 122 Å². The van der Waals surface area contributed by atoms with Crippen molar-refractivity contribution >= 4 is 16.7 Å². The predicted octanol–water partition coefficient (Wildman–Crippen LogP) is -1.36. The van der Waals surface area contributed by atoms with Gasteiger partial charge in [-0.3, -0.25) is 0 Å². The van der Waals surface area contributed by atoms with E-state index in [1.54, 1.807) is 12.1 Å². The smallest absolute Gasteiger partial charge is 0.379 e. The van der Waals surface area contributed by atoms with Crippen LogP contribution < -0.4 is 15.3 Å². The number of benzene rings is 1. The van der Waals surface area contributed by atoms with Crippen LogP contribution in [-0.2, 0) is 11.2 Å². The van der Waals surface area contributed by atoms with E-state index in [1.807, 2.05) is 0 Å². The summed E-state index contributed by atoms with van der Waals surface area (Å²) < 4.78 is 5.58. The third-order valence-electron chi connectivity index (χ3n) is 2.60. The predicted molar refractivity (Wildman–Crippen MR) is 65.7 cm³/mol. The molecule has 102 valence electrons. The molecule has 0 aliphatic rings. The van der Waals surface area contributed by atoms with Crippen LogP contribution in [-0.4, -0.2) is 30.0 Å². The maximum atomic E-state index is 12.1. The molecule has 2 rings (SSSR count). The largest absolute Gasteiger partial charge is 0.710 e. The Bertz CT molecular complexity index is 590. The number of fused-ring (bicyclic) bond motifs is 1. The molecule has 0 radical (unpaired) electrons. The highest BCUT2D eigenvalue weighted by atomic mass is 16.5. The minimum atomic E-state index is -0.100. The highest BCUT2D eigenvalue weighted by molar-refractivity contribution is 5.81. The molecular weight excluding hydrogens is 252 g/mol. The van der Waals surface area contributed by atoms with Gasteiger partial charge in [0.25, 0.3) is 0 Å². The molecule has 0 saturated carbocycles. The van der Waals surface area contributed by atoms with Crippen LogP contribution in [0.3, 0.4) is 0 Å². The zero-order valence-corrected chi connectivity index (χ0v) is 10.2. The number of aliphatic hydroxyl groups excluding tert-OH is 1. The molecule has 3 N–H and O–H groups in total. The lowest BCUT2D eigenvalue weighted by molar-refractivity contribution is -0.685. The maximum absolute atomic E-state index is 12.1. The van der Waals surface area contributed by atoms with Crippen molar-refractivity contribution in [3.05, 3.63) is 34.4 Å². The van der Waals surface area contributed by atoms with E-state index in [0.29, 0.717) is 9.58 Å². The molecular formula is C11H14N4O4. The van der Waals surface area contributed by atoms with E-state index in [-0.39, 0.29) is 48.8 Å². The Kier molecular flexibility index (Phi) is 3.93. The molecule has 0 atom stereocenters. The van der Waals surface area contributed by atoms with Crippen LogP contribution in [0.25, 0.3) is 11.0 Å². The SMILES string of the molecule is Nc1cccc2c1[n+]([O-])c(CCOCCO)n[n+]2[O-]. The van der Waals surface area contributed by atoms with Crippen molar-refractivity contribution in [2.75, 3.05) is 25.6 Å². The van der Waals surface area contributed by atoms with Gasteiger partial charge in [0.2, 0.25) is 10.6 Å². The minimum Gasteiger partial charge on any atom is -0.710 e. The molecule has 0 aliphatic carbocycles. The zero-order valence-electron chi connectivity index (χ0n) is 10.2. The third-order valence-corrected chi connectivity index (χ3v) is 2.60. The Morgan fingerprint density at radius 2 is 2.11 bits per heavy atom.